The van der Waals surface area contributed by atoms with Gasteiger partial charge in [-0.25, -0.2) is 0 Å². The maximum Gasteiger partial charge on any atom is 0.316 e. The highest BCUT2D eigenvalue weighted by Crippen LogP contribution is 2.19. The van der Waals surface area contributed by atoms with Gasteiger partial charge in [-0.2, -0.15) is 0 Å². The second kappa shape index (κ2) is 6.63. The van der Waals surface area contributed by atoms with Gasteiger partial charge in [0, 0.05) is 13.0 Å². The van der Waals surface area contributed by atoms with Crippen molar-refractivity contribution in [2.75, 3.05) is 13.2 Å². The van der Waals surface area contributed by atoms with Crippen LogP contribution in [0.3, 0.4) is 0 Å². The van der Waals surface area contributed by atoms with E-state index in [1.807, 2.05) is 6.92 Å². The van der Waals surface area contributed by atoms with Crippen LogP contribution in [-0.4, -0.2) is 31.1 Å². The summed E-state index contributed by atoms with van der Waals surface area (Å²) >= 11 is 0. The molecule has 1 aliphatic rings. The highest BCUT2D eigenvalue weighted by molar-refractivity contribution is 5.99. The summed E-state index contributed by atoms with van der Waals surface area (Å²) in [5.41, 5.74) is 0. The number of carbonyl (C=O) groups is 2. The first-order valence-electron chi connectivity index (χ1n) is 6.00. The Morgan fingerprint density at radius 1 is 1.44 bits per heavy atom. The van der Waals surface area contributed by atoms with E-state index in [2.05, 4.69) is 0 Å². The van der Waals surface area contributed by atoms with E-state index in [4.69, 9.17) is 9.47 Å². The minimum absolute atomic E-state index is 0.0102. The molecule has 2 atom stereocenters. The molecule has 1 aliphatic heterocycles. The molecule has 0 amide bonds. The molecule has 0 N–H and O–H groups in total. The van der Waals surface area contributed by atoms with Crippen molar-refractivity contribution in [1.82, 2.24) is 0 Å². The van der Waals surface area contributed by atoms with Crippen LogP contribution in [0.4, 0.5) is 0 Å². The zero-order chi connectivity index (χ0) is 12.0. The molecule has 4 nitrogen and oxygen atoms in total. The zero-order valence-corrected chi connectivity index (χ0v) is 10.0. The molecule has 0 saturated carbocycles. The Morgan fingerprint density at radius 2 is 2.19 bits per heavy atom. The van der Waals surface area contributed by atoms with Crippen LogP contribution in [0.1, 0.15) is 39.5 Å². The van der Waals surface area contributed by atoms with Crippen molar-refractivity contribution < 1.29 is 19.1 Å². The molecule has 1 heterocycles. The van der Waals surface area contributed by atoms with Gasteiger partial charge in [0.1, 0.15) is 11.7 Å². The summed E-state index contributed by atoms with van der Waals surface area (Å²) in [5, 5.41) is 0. The first kappa shape index (κ1) is 13.2. The van der Waals surface area contributed by atoms with Gasteiger partial charge in [-0.05, 0) is 26.2 Å². The van der Waals surface area contributed by atoms with Gasteiger partial charge in [-0.15, -0.1) is 0 Å². The maximum atomic E-state index is 11.9. The van der Waals surface area contributed by atoms with E-state index < -0.39 is 11.9 Å². The molecule has 0 aromatic carbocycles. The monoisotopic (exact) mass is 228 g/mol. The van der Waals surface area contributed by atoms with E-state index in [1.54, 1.807) is 6.92 Å². The van der Waals surface area contributed by atoms with Gasteiger partial charge in [-0.1, -0.05) is 6.92 Å². The van der Waals surface area contributed by atoms with Gasteiger partial charge in [0.15, 0.2) is 0 Å². The highest BCUT2D eigenvalue weighted by atomic mass is 16.5. The van der Waals surface area contributed by atoms with Crippen LogP contribution in [0.25, 0.3) is 0 Å². The minimum atomic E-state index is -0.607. The van der Waals surface area contributed by atoms with Crippen molar-refractivity contribution >= 4 is 11.8 Å². The van der Waals surface area contributed by atoms with Crippen LogP contribution in [0.5, 0.6) is 0 Å². The second-order valence-corrected chi connectivity index (χ2v) is 4.02. The lowest BCUT2D eigenvalue weighted by atomic mass is 9.96. The molecule has 1 rings (SSSR count). The Balaban J connectivity index is 2.44. The van der Waals surface area contributed by atoms with Crippen LogP contribution in [0, 0.1) is 5.92 Å². The topological polar surface area (TPSA) is 52.6 Å². The summed E-state index contributed by atoms with van der Waals surface area (Å²) in [6, 6.07) is 0. The molecule has 1 fully saturated rings. The zero-order valence-electron chi connectivity index (χ0n) is 10.0. The van der Waals surface area contributed by atoms with Crippen LogP contribution >= 0.6 is 0 Å². The predicted octanol–water partition coefficient (Wildman–Crippen LogP) is 1.71. The van der Waals surface area contributed by atoms with E-state index in [-0.39, 0.29) is 11.9 Å². The summed E-state index contributed by atoms with van der Waals surface area (Å²) in [4.78, 5) is 23.4. The molecule has 0 aromatic rings. The summed E-state index contributed by atoms with van der Waals surface area (Å²) in [5.74, 6) is -1.05. The molecule has 16 heavy (non-hydrogen) atoms. The number of esters is 1. The van der Waals surface area contributed by atoms with Gasteiger partial charge in [0.2, 0.25) is 0 Å². The normalized spacial score (nSPS) is 21.8. The summed E-state index contributed by atoms with van der Waals surface area (Å²) < 4.78 is 10.3. The molecule has 92 valence electrons. The van der Waals surface area contributed by atoms with Crippen molar-refractivity contribution in [3.63, 3.8) is 0 Å². The fourth-order valence-electron chi connectivity index (χ4n) is 1.94. The molecule has 0 spiro atoms. The largest absolute Gasteiger partial charge is 0.465 e. The van der Waals surface area contributed by atoms with Crippen molar-refractivity contribution in [3.05, 3.63) is 0 Å². The Bertz CT molecular complexity index is 243. The van der Waals surface area contributed by atoms with Gasteiger partial charge in [0.05, 0.1) is 12.7 Å². The molecular formula is C12H20O4. The predicted molar refractivity (Wildman–Crippen MR) is 59.0 cm³/mol. The van der Waals surface area contributed by atoms with Gasteiger partial charge in [0.25, 0.3) is 0 Å². The van der Waals surface area contributed by atoms with Crippen LogP contribution in [0.15, 0.2) is 0 Å². The third-order valence-corrected chi connectivity index (χ3v) is 2.82. The number of hydrogen-bond acceptors (Lipinski definition) is 4. The third kappa shape index (κ3) is 3.59. The first-order valence-corrected chi connectivity index (χ1v) is 6.00. The molecule has 0 aliphatic carbocycles. The Kier molecular flexibility index (Phi) is 5.46. The molecule has 2 unspecified atom stereocenters. The number of hydrogen-bond donors (Lipinski definition) is 0. The lowest BCUT2D eigenvalue weighted by molar-refractivity contribution is -0.152. The number of ether oxygens (including phenoxy) is 2. The van der Waals surface area contributed by atoms with E-state index in [9.17, 15) is 9.59 Å². The number of carbonyl (C=O) groups excluding carboxylic acids is 2. The fraction of sp³-hybridized carbons (Fsp3) is 0.833. The Hall–Kier alpha value is -0.900. The lowest BCUT2D eigenvalue weighted by Gasteiger charge is -2.14. The van der Waals surface area contributed by atoms with Gasteiger partial charge >= 0.3 is 5.97 Å². The van der Waals surface area contributed by atoms with Crippen molar-refractivity contribution in [2.45, 2.75) is 45.6 Å². The Labute approximate surface area is 96.3 Å². The van der Waals surface area contributed by atoms with Crippen LogP contribution < -0.4 is 0 Å². The van der Waals surface area contributed by atoms with Crippen molar-refractivity contribution in [3.8, 4) is 0 Å². The lowest BCUT2D eigenvalue weighted by Crippen LogP contribution is -2.28. The highest BCUT2D eigenvalue weighted by Gasteiger charge is 2.29. The first-order chi connectivity index (χ1) is 7.69. The summed E-state index contributed by atoms with van der Waals surface area (Å²) in [7, 11) is 0. The maximum absolute atomic E-state index is 11.9. The van der Waals surface area contributed by atoms with Crippen LogP contribution in [0.2, 0.25) is 0 Å². The molecule has 4 heteroatoms. The molecule has 0 radical (unpaired) electrons. The average Bonchev–Trinajstić information content (AvgIpc) is 2.71. The molecule has 0 aromatic heterocycles. The van der Waals surface area contributed by atoms with E-state index in [1.165, 1.54) is 0 Å². The molecule has 1 saturated heterocycles. The van der Waals surface area contributed by atoms with Gasteiger partial charge < -0.3 is 9.47 Å². The van der Waals surface area contributed by atoms with Gasteiger partial charge in [-0.3, -0.25) is 9.59 Å². The number of rotatable bonds is 6. The summed E-state index contributed by atoms with van der Waals surface area (Å²) in [6.45, 7) is 4.63. The fourth-order valence-corrected chi connectivity index (χ4v) is 1.94. The van der Waals surface area contributed by atoms with E-state index in [0.717, 1.165) is 19.4 Å². The van der Waals surface area contributed by atoms with Crippen molar-refractivity contribution in [1.29, 1.82) is 0 Å². The van der Waals surface area contributed by atoms with Crippen molar-refractivity contribution in [2.24, 2.45) is 5.92 Å². The second-order valence-electron chi connectivity index (χ2n) is 4.02. The molecule has 0 bridgehead atoms. The number of Topliss-reactive ketones (excluding diaryl/α,β-unsaturated/α-hetero) is 1. The quantitative estimate of drug-likeness (QED) is 0.513. The smallest absolute Gasteiger partial charge is 0.316 e. The van der Waals surface area contributed by atoms with Crippen LogP contribution in [-0.2, 0) is 19.1 Å². The summed E-state index contributed by atoms with van der Waals surface area (Å²) in [6.07, 6.45) is 2.79. The SMILES string of the molecule is CCOC(=O)C(CC)C(=O)CC1CCCO1. The third-order valence-electron chi connectivity index (χ3n) is 2.82. The van der Waals surface area contributed by atoms with E-state index >= 15 is 0 Å². The molecular weight excluding hydrogens is 208 g/mol. The minimum Gasteiger partial charge on any atom is -0.465 e. The van der Waals surface area contributed by atoms with E-state index in [0.29, 0.717) is 19.4 Å². The Morgan fingerprint density at radius 3 is 2.69 bits per heavy atom. The average molecular weight is 228 g/mol. The number of ketones is 1. The standard InChI is InChI=1S/C12H20O4/c1-3-10(12(14)15-4-2)11(13)8-9-6-5-7-16-9/h9-10H,3-8H2,1-2H3.